The van der Waals surface area contributed by atoms with Crippen LogP contribution < -0.4 is 10.1 Å². The van der Waals surface area contributed by atoms with Crippen molar-refractivity contribution in [3.05, 3.63) is 71.6 Å². The fourth-order valence-electron chi connectivity index (χ4n) is 2.19. The van der Waals surface area contributed by atoms with Gasteiger partial charge in [0.1, 0.15) is 5.75 Å². The third-order valence-corrected chi connectivity index (χ3v) is 4.10. The van der Waals surface area contributed by atoms with E-state index in [1.807, 2.05) is 60.0 Å². The first-order valence-corrected chi connectivity index (χ1v) is 8.27. The predicted octanol–water partition coefficient (Wildman–Crippen LogP) is 4.47. The summed E-state index contributed by atoms with van der Waals surface area (Å²) < 4.78 is 5.34. The van der Waals surface area contributed by atoms with E-state index in [1.54, 1.807) is 13.2 Å². The summed E-state index contributed by atoms with van der Waals surface area (Å²) in [5.74, 6) is 0.546. The Bertz CT molecular complexity index is 857. The first-order chi connectivity index (χ1) is 11.8. The summed E-state index contributed by atoms with van der Waals surface area (Å²) in [5, 5.41) is 5.23. The normalized spacial score (nSPS) is 10.7. The standard InChI is InChI=1S/C19H16N2O2S/c1-23-17-10-6-5-9-15(17)16-13-24-19(20-16)21-18(22)12-11-14-7-3-2-4-8-14/h2-13H,1H3,(H,20,21,22)/b12-11+. The third-order valence-electron chi connectivity index (χ3n) is 3.34. The Hall–Kier alpha value is -2.92. The number of hydrogen-bond acceptors (Lipinski definition) is 4. The van der Waals surface area contributed by atoms with Gasteiger partial charge >= 0.3 is 0 Å². The minimum absolute atomic E-state index is 0.209. The number of thiazole rings is 1. The number of ether oxygens (including phenoxy) is 1. The van der Waals surface area contributed by atoms with Gasteiger partial charge < -0.3 is 4.74 Å². The van der Waals surface area contributed by atoms with Gasteiger partial charge in [0, 0.05) is 17.0 Å². The van der Waals surface area contributed by atoms with E-state index in [0.29, 0.717) is 5.13 Å². The highest BCUT2D eigenvalue weighted by Gasteiger charge is 2.10. The Labute approximate surface area is 144 Å². The van der Waals surface area contributed by atoms with Crippen LogP contribution in [0.15, 0.2) is 66.1 Å². The van der Waals surface area contributed by atoms with Crippen molar-refractivity contribution in [2.75, 3.05) is 12.4 Å². The van der Waals surface area contributed by atoms with Crippen LogP contribution in [0, 0.1) is 0 Å². The predicted molar refractivity (Wildman–Crippen MR) is 98.2 cm³/mol. The molecule has 0 saturated carbocycles. The molecule has 1 amide bonds. The average Bonchev–Trinajstić information content (AvgIpc) is 3.09. The molecule has 1 aromatic heterocycles. The number of carbonyl (C=O) groups excluding carboxylic acids is 1. The Morgan fingerprint density at radius 3 is 2.67 bits per heavy atom. The Balaban J connectivity index is 1.70. The van der Waals surface area contributed by atoms with Gasteiger partial charge in [0.15, 0.2) is 5.13 Å². The second kappa shape index (κ2) is 7.57. The highest BCUT2D eigenvalue weighted by molar-refractivity contribution is 7.14. The van der Waals surface area contributed by atoms with E-state index in [1.165, 1.54) is 17.4 Å². The first kappa shape index (κ1) is 16.0. The summed E-state index contributed by atoms with van der Waals surface area (Å²) in [6, 6.07) is 17.3. The molecule has 4 nitrogen and oxygen atoms in total. The van der Waals surface area contributed by atoms with Gasteiger partial charge in [-0.25, -0.2) is 4.98 Å². The van der Waals surface area contributed by atoms with Crippen LogP contribution in [0.5, 0.6) is 5.75 Å². The van der Waals surface area contributed by atoms with E-state index in [9.17, 15) is 4.79 Å². The molecule has 0 aliphatic heterocycles. The van der Waals surface area contributed by atoms with E-state index in [-0.39, 0.29) is 5.91 Å². The molecule has 5 heteroatoms. The van der Waals surface area contributed by atoms with E-state index < -0.39 is 0 Å². The van der Waals surface area contributed by atoms with Crippen molar-refractivity contribution in [2.24, 2.45) is 0 Å². The molecule has 1 N–H and O–H groups in total. The van der Waals surface area contributed by atoms with Gasteiger partial charge in [-0.15, -0.1) is 11.3 Å². The average molecular weight is 336 g/mol. The Morgan fingerprint density at radius 1 is 1.12 bits per heavy atom. The summed E-state index contributed by atoms with van der Waals surface area (Å²) in [6.07, 6.45) is 3.27. The fourth-order valence-corrected chi connectivity index (χ4v) is 2.91. The summed E-state index contributed by atoms with van der Waals surface area (Å²) in [4.78, 5) is 16.5. The van der Waals surface area contributed by atoms with Crippen LogP contribution in [-0.2, 0) is 4.79 Å². The van der Waals surface area contributed by atoms with E-state index in [4.69, 9.17) is 4.74 Å². The molecule has 0 spiro atoms. The van der Waals surface area contributed by atoms with Gasteiger partial charge in [-0.1, -0.05) is 42.5 Å². The zero-order valence-electron chi connectivity index (χ0n) is 13.1. The number of aromatic nitrogens is 1. The molecule has 120 valence electrons. The van der Waals surface area contributed by atoms with Crippen molar-refractivity contribution in [2.45, 2.75) is 0 Å². The van der Waals surface area contributed by atoms with Crippen LogP contribution in [0.3, 0.4) is 0 Å². The highest BCUT2D eigenvalue weighted by atomic mass is 32.1. The van der Waals surface area contributed by atoms with Crippen molar-refractivity contribution >= 4 is 28.5 Å². The number of amides is 1. The zero-order valence-corrected chi connectivity index (χ0v) is 13.9. The van der Waals surface area contributed by atoms with Crippen LogP contribution in [0.2, 0.25) is 0 Å². The summed E-state index contributed by atoms with van der Waals surface area (Å²) in [6.45, 7) is 0. The van der Waals surface area contributed by atoms with Crippen molar-refractivity contribution in [1.29, 1.82) is 0 Å². The summed E-state index contributed by atoms with van der Waals surface area (Å²) in [7, 11) is 1.63. The maximum Gasteiger partial charge on any atom is 0.250 e. The molecule has 0 atom stereocenters. The SMILES string of the molecule is COc1ccccc1-c1csc(NC(=O)/C=C/c2ccccc2)n1. The second-order valence-corrected chi connectivity index (χ2v) is 5.83. The van der Waals surface area contributed by atoms with E-state index in [0.717, 1.165) is 22.6 Å². The molecule has 0 radical (unpaired) electrons. The summed E-state index contributed by atoms with van der Waals surface area (Å²) >= 11 is 1.38. The molecule has 1 heterocycles. The molecule has 0 aliphatic carbocycles. The quantitative estimate of drug-likeness (QED) is 0.699. The maximum absolute atomic E-state index is 12.0. The minimum atomic E-state index is -0.209. The van der Waals surface area contributed by atoms with Crippen LogP contribution in [-0.4, -0.2) is 18.0 Å². The number of para-hydroxylation sites is 1. The van der Waals surface area contributed by atoms with Gasteiger partial charge in [0.25, 0.3) is 0 Å². The number of nitrogens with zero attached hydrogens (tertiary/aromatic N) is 1. The van der Waals surface area contributed by atoms with Crippen LogP contribution in [0.1, 0.15) is 5.56 Å². The number of methoxy groups -OCH3 is 1. The van der Waals surface area contributed by atoms with E-state index >= 15 is 0 Å². The van der Waals surface area contributed by atoms with Crippen molar-refractivity contribution in [3.63, 3.8) is 0 Å². The molecular weight excluding hydrogens is 320 g/mol. The molecule has 0 aliphatic rings. The topological polar surface area (TPSA) is 51.2 Å². The smallest absolute Gasteiger partial charge is 0.250 e. The first-order valence-electron chi connectivity index (χ1n) is 7.39. The van der Waals surface area contributed by atoms with Crippen molar-refractivity contribution in [1.82, 2.24) is 4.98 Å². The highest BCUT2D eigenvalue weighted by Crippen LogP contribution is 2.31. The lowest BCUT2D eigenvalue weighted by molar-refractivity contribution is -0.111. The fraction of sp³-hybridized carbons (Fsp3) is 0.0526. The van der Waals surface area contributed by atoms with Crippen molar-refractivity contribution in [3.8, 4) is 17.0 Å². The van der Waals surface area contributed by atoms with E-state index in [2.05, 4.69) is 10.3 Å². The van der Waals surface area contributed by atoms with Gasteiger partial charge in [0.05, 0.1) is 12.8 Å². The number of benzene rings is 2. The van der Waals surface area contributed by atoms with Gasteiger partial charge in [-0.3, -0.25) is 10.1 Å². The molecule has 0 unspecified atom stereocenters. The molecule has 24 heavy (non-hydrogen) atoms. The second-order valence-electron chi connectivity index (χ2n) is 4.97. The third kappa shape index (κ3) is 3.88. The molecule has 2 aromatic carbocycles. The Kier molecular flexibility index (Phi) is 5.03. The summed E-state index contributed by atoms with van der Waals surface area (Å²) in [5.41, 5.74) is 2.65. The van der Waals surface area contributed by atoms with Gasteiger partial charge in [-0.2, -0.15) is 0 Å². The minimum Gasteiger partial charge on any atom is -0.496 e. The van der Waals surface area contributed by atoms with Crippen LogP contribution in [0.4, 0.5) is 5.13 Å². The lowest BCUT2D eigenvalue weighted by Crippen LogP contribution is -2.07. The molecule has 0 fully saturated rings. The number of anilines is 1. The van der Waals surface area contributed by atoms with Crippen molar-refractivity contribution < 1.29 is 9.53 Å². The number of nitrogens with one attached hydrogen (secondary N) is 1. The number of hydrogen-bond donors (Lipinski definition) is 1. The zero-order chi connectivity index (χ0) is 16.8. The van der Waals surface area contributed by atoms with Crippen LogP contribution in [0.25, 0.3) is 17.3 Å². The molecule has 3 aromatic rings. The molecule has 0 saturated heterocycles. The molecular formula is C19H16N2O2S. The van der Waals surface area contributed by atoms with Crippen LogP contribution >= 0.6 is 11.3 Å². The number of rotatable bonds is 5. The maximum atomic E-state index is 12.0. The monoisotopic (exact) mass is 336 g/mol. The van der Waals surface area contributed by atoms with Gasteiger partial charge in [0.2, 0.25) is 5.91 Å². The lowest BCUT2D eigenvalue weighted by Gasteiger charge is -2.04. The largest absolute Gasteiger partial charge is 0.496 e. The molecule has 0 bridgehead atoms. The molecule has 3 rings (SSSR count). The van der Waals surface area contributed by atoms with Gasteiger partial charge in [-0.05, 0) is 23.8 Å². The Morgan fingerprint density at radius 2 is 1.88 bits per heavy atom. The lowest BCUT2D eigenvalue weighted by atomic mass is 10.1. The number of carbonyl (C=O) groups is 1.